The predicted octanol–water partition coefficient (Wildman–Crippen LogP) is 5.36. The fourth-order valence-electron chi connectivity index (χ4n) is 4.24. The van der Waals surface area contributed by atoms with E-state index in [-0.39, 0.29) is 5.91 Å². The van der Waals surface area contributed by atoms with Gasteiger partial charge in [0, 0.05) is 37.5 Å². The van der Waals surface area contributed by atoms with Crippen molar-refractivity contribution in [2.24, 2.45) is 0 Å². The second-order valence-corrected chi connectivity index (χ2v) is 8.75. The van der Waals surface area contributed by atoms with Crippen LogP contribution in [-0.2, 0) is 24.3 Å². The number of amides is 1. The van der Waals surface area contributed by atoms with Crippen LogP contribution in [0.5, 0.6) is 0 Å². The van der Waals surface area contributed by atoms with Gasteiger partial charge in [0.1, 0.15) is 0 Å². The fraction of sp³-hybridized carbons (Fsp3) is 0.407. The number of hydrogen-bond donors (Lipinski definition) is 1. The first-order valence-corrected chi connectivity index (χ1v) is 11.8. The van der Waals surface area contributed by atoms with Gasteiger partial charge in [-0.25, -0.2) is 4.98 Å². The molecule has 0 spiro atoms. The predicted molar refractivity (Wildman–Crippen MR) is 127 cm³/mol. The largest absolute Gasteiger partial charge is 0.441 e. The standard InChI is InChI=1S/C27H33N3O2/c1-21-8-5-6-17-30(21)20-23-15-13-22(14-16-23)18-28-26(31)11-7-12-27-29-19-25(32-27)24-9-3-2-4-10-24/h2-4,9-10,13-16,19,21H,5-8,11-12,17-18,20H2,1H3,(H,28,31)/t21-/m0/s1. The molecule has 0 saturated carbocycles. The molecule has 1 aliphatic heterocycles. The van der Waals surface area contributed by atoms with Crippen molar-refractivity contribution in [2.45, 2.75) is 64.6 Å². The number of nitrogens with zero attached hydrogens (tertiary/aromatic N) is 2. The lowest BCUT2D eigenvalue weighted by Crippen LogP contribution is -2.36. The number of carbonyl (C=O) groups excluding carboxylic acids is 1. The first-order chi connectivity index (χ1) is 15.7. The number of benzene rings is 2. The summed E-state index contributed by atoms with van der Waals surface area (Å²) in [6.07, 6.45) is 7.54. The van der Waals surface area contributed by atoms with Crippen molar-refractivity contribution in [1.29, 1.82) is 0 Å². The van der Waals surface area contributed by atoms with Gasteiger partial charge in [-0.2, -0.15) is 0 Å². The van der Waals surface area contributed by atoms with Crippen molar-refractivity contribution in [3.8, 4) is 11.3 Å². The third kappa shape index (κ3) is 6.30. The van der Waals surface area contributed by atoms with Gasteiger partial charge < -0.3 is 9.73 Å². The molecule has 5 nitrogen and oxygen atoms in total. The van der Waals surface area contributed by atoms with Crippen LogP contribution in [0.3, 0.4) is 0 Å². The Bertz CT molecular complexity index is 982. The normalized spacial score (nSPS) is 16.7. The molecule has 1 atom stereocenters. The van der Waals surface area contributed by atoms with Gasteiger partial charge in [-0.05, 0) is 43.9 Å². The first kappa shape index (κ1) is 22.3. The Hall–Kier alpha value is -2.92. The molecule has 1 aromatic heterocycles. The average Bonchev–Trinajstić information content (AvgIpc) is 3.30. The van der Waals surface area contributed by atoms with Crippen LogP contribution in [0.25, 0.3) is 11.3 Å². The highest BCUT2D eigenvalue weighted by Crippen LogP contribution is 2.21. The second-order valence-electron chi connectivity index (χ2n) is 8.75. The molecular weight excluding hydrogens is 398 g/mol. The van der Waals surface area contributed by atoms with Crippen molar-refractivity contribution in [2.75, 3.05) is 6.54 Å². The van der Waals surface area contributed by atoms with E-state index in [0.29, 0.717) is 37.7 Å². The maximum absolute atomic E-state index is 12.2. The third-order valence-electron chi connectivity index (χ3n) is 6.25. The number of oxazole rings is 1. The Labute approximate surface area is 190 Å². The molecule has 0 aliphatic carbocycles. The van der Waals surface area contributed by atoms with Gasteiger partial charge >= 0.3 is 0 Å². The lowest BCUT2D eigenvalue weighted by atomic mass is 10.0. The summed E-state index contributed by atoms with van der Waals surface area (Å²) in [4.78, 5) is 19.1. The molecule has 0 unspecified atom stereocenters. The SMILES string of the molecule is C[C@H]1CCCCN1Cc1ccc(CNC(=O)CCCc2ncc(-c3ccccc3)o2)cc1. The molecular formula is C27H33N3O2. The number of piperidine rings is 1. The van der Waals surface area contributed by atoms with Gasteiger partial charge in [0.25, 0.3) is 0 Å². The number of nitrogens with one attached hydrogen (secondary N) is 1. The summed E-state index contributed by atoms with van der Waals surface area (Å²) in [5, 5.41) is 3.02. The Morgan fingerprint density at radius 3 is 2.66 bits per heavy atom. The summed E-state index contributed by atoms with van der Waals surface area (Å²) >= 11 is 0. The molecule has 0 radical (unpaired) electrons. The van der Waals surface area contributed by atoms with Gasteiger partial charge in [-0.15, -0.1) is 0 Å². The number of hydrogen-bond acceptors (Lipinski definition) is 4. The number of aryl methyl sites for hydroxylation is 1. The summed E-state index contributed by atoms with van der Waals surface area (Å²) in [5.41, 5.74) is 3.49. The molecule has 2 aromatic carbocycles. The van der Waals surface area contributed by atoms with E-state index in [0.717, 1.165) is 23.4 Å². The van der Waals surface area contributed by atoms with Crippen LogP contribution < -0.4 is 5.32 Å². The molecule has 3 aromatic rings. The van der Waals surface area contributed by atoms with E-state index < -0.39 is 0 Å². The van der Waals surface area contributed by atoms with Gasteiger partial charge in [0.05, 0.1) is 6.20 Å². The molecule has 4 rings (SSSR count). The zero-order chi connectivity index (χ0) is 22.2. The zero-order valence-corrected chi connectivity index (χ0v) is 18.9. The molecule has 1 N–H and O–H groups in total. The highest BCUT2D eigenvalue weighted by Gasteiger charge is 2.18. The summed E-state index contributed by atoms with van der Waals surface area (Å²) in [7, 11) is 0. The van der Waals surface area contributed by atoms with Crippen molar-refractivity contribution in [3.63, 3.8) is 0 Å². The zero-order valence-electron chi connectivity index (χ0n) is 18.9. The first-order valence-electron chi connectivity index (χ1n) is 11.8. The summed E-state index contributed by atoms with van der Waals surface area (Å²) in [5.74, 6) is 1.50. The van der Waals surface area contributed by atoms with Gasteiger partial charge in [-0.3, -0.25) is 9.69 Å². The van der Waals surface area contributed by atoms with Gasteiger partial charge in [-0.1, -0.05) is 61.0 Å². The van der Waals surface area contributed by atoms with Crippen LogP contribution in [0.4, 0.5) is 0 Å². The number of carbonyl (C=O) groups is 1. The average molecular weight is 432 g/mol. The van der Waals surface area contributed by atoms with E-state index in [1.54, 1.807) is 6.20 Å². The van der Waals surface area contributed by atoms with Crippen LogP contribution in [0.2, 0.25) is 0 Å². The maximum Gasteiger partial charge on any atom is 0.220 e. The van der Waals surface area contributed by atoms with Crippen LogP contribution in [0, 0.1) is 0 Å². The van der Waals surface area contributed by atoms with E-state index in [1.165, 1.54) is 31.4 Å². The van der Waals surface area contributed by atoms with Crippen LogP contribution in [0.15, 0.2) is 65.2 Å². The summed E-state index contributed by atoms with van der Waals surface area (Å²) < 4.78 is 5.81. The maximum atomic E-state index is 12.2. The number of rotatable bonds is 9. The van der Waals surface area contributed by atoms with E-state index >= 15 is 0 Å². The number of aromatic nitrogens is 1. The molecule has 0 bridgehead atoms. The third-order valence-corrected chi connectivity index (χ3v) is 6.25. The molecule has 5 heteroatoms. The van der Waals surface area contributed by atoms with Gasteiger partial charge in [0.15, 0.2) is 11.7 Å². The molecule has 32 heavy (non-hydrogen) atoms. The van der Waals surface area contributed by atoms with Crippen molar-refractivity contribution in [3.05, 3.63) is 77.8 Å². The second kappa shape index (κ2) is 11.1. The quantitative estimate of drug-likeness (QED) is 0.496. The Kier molecular flexibility index (Phi) is 7.73. The minimum Gasteiger partial charge on any atom is -0.441 e. The monoisotopic (exact) mass is 431 g/mol. The molecule has 1 amide bonds. The van der Waals surface area contributed by atoms with E-state index in [9.17, 15) is 4.79 Å². The Morgan fingerprint density at radius 2 is 1.88 bits per heavy atom. The van der Waals surface area contributed by atoms with Crippen molar-refractivity contribution >= 4 is 5.91 Å². The molecule has 168 valence electrons. The molecule has 1 saturated heterocycles. The molecule has 1 fully saturated rings. The minimum atomic E-state index is 0.0612. The smallest absolute Gasteiger partial charge is 0.220 e. The lowest BCUT2D eigenvalue weighted by Gasteiger charge is -2.33. The number of likely N-dealkylation sites (tertiary alicyclic amines) is 1. The van der Waals surface area contributed by atoms with Gasteiger partial charge in [0.2, 0.25) is 5.91 Å². The van der Waals surface area contributed by atoms with Crippen molar-refractivity contribution in [1.82, 2.24) is 15.2 Å². The minimum absolute atomic E-state index is 0.0612. The topological polar surface area (TPSA) is 58.4 Å². The fourth-order valence-corrected chi connectivity index (χ4v) is 4.24. The van der Waals surface area contributed by atoms with Crippen molar-refractivity contribution < 1.29 is 9.21 Å². The molecule has 2 heterocycles. The van der Waals surface area contributed by atoms with E-state index in [2.05, 4.69) is 46.4 Å². The van der Waals surface area contributed by atoms with E-state index in [1.807, 2.05) is 30.3 Å². The summed E-state index contributed by atoms with van der Waals surface area (Å²) in [6, 6.07) is 19.2. The van der Waals surface area contributed by atoms with Crippen LogP contribution in [-0.4, -0.2) is 28.4 Å². The van der Waals surface area contributed by atoms with E-state index in [4.69, 9.17) is 4.42 Å². The summed E-state index contributed by atoms with van der Waals surface area (Å²) in [6.45, 7) is 5.10. The molecule has 1 aliphatic rings. The van der Waals surface area contributed by atoms with Crippen LogP contribution >= 0.6 is 0 Å². The highest BCUT2D eigenvalue weighted by molar-refractivity contribution is 5.75. The Balaban J connectivity index is 1.16. The highest BCUT2D eigenvalue weighted by atomic mass is 16.4. The Morgan fingerprint density at radius 1 is 1.09 bits per heavy atom. The van der Waals surface area contributed by atoms with Crippen LogP contribution in [0.1, 0.15) is 56.0 Å². The lowest BCUT2D eigenvalue weighted by molar-refractivity contribution is -0.121.